The first-order valence-corrected chi connectivity index (χ1v) is 6.74. The van der Waals surface area contributed by atoms with Crippen molar-refractivity contribution in [3.05, 3.63) is 41.7 Å². The summed E-state index contributed by atoms with van der Waals surface area (Å²) in [5.74, 6) is 1.51. The van der Waals surface area contributed by atoms with E-state index < -0.39 is 0 Å². The summed E-state index contributed by atoms with van der Waals surface area (Å²) in [5.41, 5.74) is 0.827. The van der Waals surface area contributed by atoms with E-state index in [9.17, 15) is 4.79 Å². The van der Waals surface area contributed by atoms with Gasteiger partial charge in [0.1, 0.15) is 17.2 Å². The molecule has 1 atom stereocenters. The van der Waals surface area contributed by atoms with Crippen LogP contribution in [0.25, 0.3) is 0 Å². The van der Waals surface area contributed by atoms with Crippen LogP contribution in [0.5, 0.6) is 0 Å². The molecule has 0 spiro atoms. The van der Waals surface area contributed by atoms with E-state index in [1.54, 1.807) is 17.2 Å². The van der Waals surface area contributed by atoms with E-state index in [4.69, 9.17) is 8.94 Å². The number of likely N-dealkylation sites (tertiary alicyclic amines) is 1. The van der Waals surface area contributed by atoms with Crippen LogP contribution in [-0.4, -0.2) is 22.6 Å². The highest BCUT2D eigenvalue weighted by atomic mass is 16.5. The molecule has 0 saturated carbocycles. The summed E-state index contributed by atoms with van der Waals surface area (Å²) in [5, 5.41) is 6.89. The summed E-state index contributed by atoms with van der Waals surface area (Å²) in [6.45, 7) is 2.99. The minimum atomic E-state index is -0.0930. The summed E-state index contributed by atoms with van der Waals surface area (Å²) >= 11 is 0. The van der Waals surface area contributed by atoms with Gasteiger partial charge >= 0.3 is 6.03 Å². The average molecular weight is 275 g/mol. The first-order chi connectivity index (χ1) is 9.74. The number of amides is 2. The Kier molecular flexibility index (Phi) is 3.45. The molecule has 20 heavy (non-hydrogen) atoms. The molecule has 0 aliphatic carbocycles. The lowest BCUT2D eigenvalue weighted by atomic mass is 10.1. The zero-order valence-corrected chi connectivity index (χ0v) is 11.3. The highest BCUT2D eigenvalue weighted by Crippen LogP contribution is 2.31. The molecule has 3 rings (SSSR count). The van der Waals surface area contributed by atoms with Gasteiger partial charge in [0.05, 0.1) is 18.8 Å². The quantitative estimate of drug-likeness (QED) is 0.934. The van der Waals surface area contributed by atoms with Gasteiger partial charge in [0.2, 0.25) is 0 Å². The van der Waals surface area contributed by atoms with Gasteiger partial charge in [-0.3, -0.25) is 0 Å². The third-order valence-electron chi connectivity index (χ3n) is 3.50. The Labute approximate surface area is 116 Å². The molecule has 1 N–H and O–H groups in total. The molecule has 2 aromatic heterocycles. The van der Waals surface area contributed by atoms with Crippen molar-refractivity contribution in [2.24, 2.45) is 0 Å². The summed E-state index contributed by atoms with van der Waals surface area (Å²) in [7, 11) is 0. The molecule has 106 valence electrons. The topological polar surface area (TPSA) is 71.5 Å². The molecule has 6 nitrogen and oxygen atoms in total. The van der Waals surface area contributed by atoms with E-state index in [1.165, 1.54) is 0 Å². The number of nitrogens with zero attached hydrogens (tertiary/aromatic N) is 2. The number of rotatable bonds is 3. The van der Waals surface area contributed by atoms with Crippen LogP contribution in [0.2, 0.25) is 0 Å². The average Bonchev–Trinajstić information content (AvgIpc) is 3.16. The van der Waals surface area contributed by atoms with E-state index in [1.807, 2.05) is 19.1 Å². The Morgan fingerprint density at radius 1 is 1.60 bits per heavy atom. The van der Waals surface area contributed by atoms with Gasteiger partial charge in [-0.1, -0.05) is 5.16 Å². The van der Waals surface area contributed by atoms with Gasteiger partial charge in [0.15, 0.2) is 0 Å². The van der Waals surface area contributed by atoms with E-state index >= 15 is 0 Å². The zero-order chi connectivity index (χ0) is 13.9. The Bertz CT molecular complexity index is 576. The summed E-state index contributed by atoms with van der Waals surface area (Å²) in [4.78, 5) is 14.1. The molecule has 0 unspecified atom stereocenters. The predicted molar refractivity (Wildman–Crippen MR) is 70.9 cm³/mol. The largest absolute Gasteiger partial charge is 0.467 e. The molecule has 3 heterocycles. The number of hydrogen-bond acceptors (Lipinski definition) is 4. The first kappa shape index (κ1) is 12.8. The molecular formula is C14H17N3O3. The number of carbonyl (C=O) groups excluding carboxylic acids is 1. The monoisotopic (exact) mass is 275 g/mol. The molecule has 2 aromatic rings. The van der Waals surface area contributed by atoms with Crippen molar-refractivity contribution in [2.45, 2.75) is 32.4 Å². The van der Waals surface area contributed by atoms with Crippen LogP contribution in [0.15, 0.2) is 33.4 Å². The Morgan fingerprint density at radius 3 is 3.20 bits per heavy atom. The highest BCUT2D eigenvalue weighted by molar-refractivity contribution is 5.75. The van der Waals surface area contributed by atoms with Crippen molar-refractivity contribution < 1.29 is 13.7 Å². The first-order valence-electron chi connectivity index (χ1n) is 6.74. The molecule has 0 radical (unpaired) electrons. The number of hydrogen-bond donors (Lipinski definition) is 1. The molecule has 0 bridgehead atoms. The van der Waals surface area contributed by atoms with Gasteiger partial charge < -0.3 is 19.2 Å². The van der Waals surface area contributed by atoms with Crippen molar-refractivity contribution in [3.8, 4) is 0 Å². The van der Waals surface area contributed by atoms with Crippen molar-refractivity contribution >= 4 is 6.03 Å². The second kappa shape index (κ2) is 5.40. The fraction of sp³-hybridized carbons (Fsp3) is 0.429. The number of nitrogens with one attached hydrogen (secondary N) is 1. The fourth-order valence-electron chi connectivity index (χ4n) is 2.54. The lowest BCUT2D eigenvalue weighted by Gasteiger charge is -2.23. The normalized spacial score (nSPS) is 18.4. The smallest absolute Gasteiger partial charge is 0.318 e. The van der Waals surface area contributed by atoms with Gasteiger partial charge in [-0.15, -0.1) is 0 Å². The van der Waals surface area contributed by atoms with Gasteiger partial charge in [0.25, 0.3) is 0 Å². The SMILES string of the molecule is Cc1cc([C@H]2CCCN2C(=O)NCc2ccco2)no1. The molecule has 2 amide bonds. The molecular weight excluding hydrogens is 258 g/mol. The summed E-state index contributed by atoms with van der Waals surface area (Å²) in [6.07, 6.45) is 3.49. The minimum absolute atomic E-state index is 0.00375. The van der Waals surface area contributed by atoms with Crippen LogP contribution in [0.4, 0.5) is 4.79 Å². The lowest BCUT2D eigenvalue weighted by Crippen LogP contribution is -2.39. The Hall–Kier alpha value is -2.24. The summed E-state index contributed by atoms with van der Waals surface area (Å²) in [6, 6.07) is 5.44. The second-order valence-electron chi connectivity index (χ2n) is 4.95. The van der Waals surface area contributed by atoms with Crippen molar-refractivity contribution in [2.75, 3.05) is 6.54 Å². The molecule has 0 aromatic carbocycles. The maximum atomic E-state index is 12.2. The van der Waals surface area contributed by atoms with E-state index in [0.717, 1.165) is 36.6 Å². The standard InChI is InChI=1S/C14H17N3O3/c1-10-8-12(16-20-10)13-5-2-6-17(13)14(18)15-9-11-4-3-7-19-11/h3-4,7-8,13H,2,5-6,9H2,1H3,(H,15,18)/t13-/m1/s1. The fourth-order valence-corrected chi connectivity index (χ4v) is 2.54. The van der Waals surface area contributed by atoms with Crippen molar-refractivity contribution in [1.29, 1.82) is 0 Å². The van der Waals surface area contributed by atoms with Crippen LogP contribution in [-0.2, 0) is 6.54 Å². The van der Waals surface area contributed by atoms with E-state index in [-0.39, 0.29) is 12.1 Å². The van der Waals surface area contributed by atoms with Crippen LogP contribution in [0, 0.1) is 6.92 Å². The molecule has 1 aliphatic heterocycles. The molecule has 6 heteroatoms. The Balaban J connectivity index is 1.64. The number of aryl methyl sites for hydroxylation is 1. The number of aromatic nitrogens is 1. The van der Waals surface area contributed by atoms with Crippen LogP contribution in [0.3, 0.4) is 0 Å². The van der Waals surface area contributed by atoms with E-state index in [0.29, 0.717) is 6.54 Å². The molecule has 1 aliphatic rings. The van der Waals surface area contributed by atoms with E-state index in [2.05, 4.69) is 10.5 Å². The Morgan fingerprint density at radius 2 is 2.50 bits per heavy atom. The zero-order valence-electron chi connectivity index (χ0n) is 11.3. The predicted octanol–water partition coefficient (Wildman–Crippen LogP) is 2.62. The maximum absolute atomic E-state index is 12.2. The van der Waals surface area contributed by atoms with Crippen LogP contribution >= 0.6 is 0 Å². The maximum Gasteiger partial charge on any atom is 0.318 e. The van der Waals surface area contributed by atoms with Crippen molar-refractivity contribution in [3.63, 3.8) is 0 Å². The van der Waals surface area contributed by atoms with Gasteiger partial charge in [0, 0.05) is 12.6 Å². The number of carbonyl (C=O) groups is 1. The highest BCUT2D eigenvalue weighted by Gasteiger charge is 2.31. The number of urea groups is 1. The number of furan rings is 1. The van der Waals surface area contributed by atoms with Gasteiger partial charge in [-0.05, 0) is 31.9 Å². The second-order valence-corrected chi connectivity index (χ2v) is 4.95. The van der Waals surface area contributed by atoms with Gasteiger partial charge in [-0.2, -0.15) is 0 Å². The third-order valence-corrected chi connectivity index (χ3v) is 3.50. The third kappa shape index (κ3) is 2.54. The molecule has 1 fully saturated rings. The minimum Gasteiger partial charge on any atom is -0.467 e. The van der Waals surface area contributed by atoms with Crippen LogP contribution < -0.4 is 5.32 Å². The van der Waals surface area contributed by atoms with Crippen molar-refractivity contribution in [1.82, 2.24) is 15.4 Å². The summed E-state index contributed by atoms with van der Waals surface area (Å²) < 4.78 is 10.3. The van der Waals surface area contributed by atoms with Crippen LogP contribution in [0.1, 0.15) is 36.1 Å². The molecule has 1 saturated heterocycles. The lowest BCUT2D eigenvalue weighted by molar-refractivity contribution is 0.189. The van der Waals surface area contributed by atoms with Gasteiger partial charge in [-0.25, -0.2) is 4.79 Å².